The lowest BCUT2D eigenvalue weighted by molar-refractivity contribution is 0.660. The van der Waals surface area contributed by atoms with Gasteiger partial charge in [0.25, 0.3) is 0 Å². The number of benzene rings is 6. The molecule has 0 spiro atoms. The summed E-state index contributed by atoms with van der Waals surface area (Å²) in [5, 5.41) is 2.63. The molecule has 2 heteroatoms. The molecule has 0 saturated heterocycles. The predicted octanol–water partition coefficient (Wildman–Crippen LogP) is 13.9. The van der Waals surface area contributed by atoms with Gasteiger partial charge in [-0.15, -0.1) is 0 Å². The van der Waals surface area contributed by atoms with Crippen molar-refractivity contribution in [3.63, 3.8) is 0 Å². The maximum Gasteiger partial charge on any atom is 0.0543 e. The minimum atomic E-state index is -0.248. The van der Waals surface area contributed by atoms with Gasteiger partial charge in [-0.3, -0.25) is 0 Å². The zero-order valence-electron chi connectivity index (χ0n) is 30.5. The molecule has 7 aromatic rings. The smallest absolute Gasteiger partial charge is 0.0543 e. The minimum Gasteiger partial charge on any atom is -0.310 e. The fraction of sp³-hybridized carbons (Fsp3) is 0.184. The normalized spacial score (nSPS) is 13.2. The number of unbranched alkanes of at least 4 members (excludes halogenated alkanes) is 1. The molecule has 6 aromatic carbocycles. The van der Waals surface area contributed by atoms with Crippen LogP contribution in [0.25, 0.3) is 50.8 Å². The molecule has 0 amide bonds. The Morgan fingerprint density at radius 3 is 2.24 bits per heavy atom. The molecule has 1 aliphatic rings. The first-order chi connectivity index (χ1) is 24.9. The first kappa shape index (κ1) is 32.6. The zero-order valence-corrected chi connectivity index (χ0v) is 30.5. The molecule has 0 unspecified atom stereocenters. The summed E-state index contributed by atoms with van der Waals surface area (Å²) in [4.78, 5) is 2.43. The van der Waals surface area contributed by atoms with E-state index in [2.05, 4.69) is 190 Å². The van der Waals surface area contributed by atoms with Crippen LogP contribution >= 0.6 is 0 Å². The van der Waals surface area contributed by atoms with E-state index in [4.69, 9.17) is 0 Å². The topological polar surface area (TPSA) is 8.17 Å². The number of aryl methyl sites for hydroxylation is 2. The SMILES string of the molecule is C=Cc1c(/C=C\C)c(N(c2ccccc2)c2ccccc2C)cc2c1-c1ccc(-n3c4ccccc4c4cc(CCCC)ccc43)cc1C2(C)C. The van der Waals surface area contributed by atoms with Crippen LogP contribution in [0.1, 0.15) is 73.9 Å². The Labute approximate surface area is 303 Å². The van der Waals surface area contributed by atoms with Crippen LogP contribution < -0.4 is 4.90 Å². The van der Waals surface area contributed by atoms with Gasteiger partial charge < -0.3 is 9.47 Å². The summed E-state index contributed by atoms with van der Waals surface area (Å²) < 4.78 is 2.47. The molecule has 1 aromatic heterocycles. The standard InChI is InChI=1S/C49H46N2/c1-7-10-20-34-26-29-46-41(30-34)39-23-15-17-25-45(39)51(46)36-27-28-40-42(31-36)49(5,6)43-32-47(38(18-8-2)37(9-3)48(40)43)50(35-21-12-11-13-22-35)44-24-16-14-19-33(44)4/h8-9,11-19,21-32H,3,7,10,20H2,1-2,4-6H3/b18-8-. The van der Waals surface area contributed by atoms with Crippen molar-refractivity contribution >= 4 is 51.0 Å². The Morgan fingerprint density at radius 1 is 0.725 bits per heavy atom. The highest BCUT2D eigenvalue weighted by atomic mass is 15.1. The van der Waals surface area contributed by atoms with Gasteiger partial charge in [0, 0.05) is 38.8 Å². The van der Waals surface area contributed by atoms with Crippen molar-refractivity contribution in [1.82, 2.24) is 4.57 Å². The van der Waals surface area contributed by atoms with Crippen LogP contribution in [0.3, 0.4) is 0 Å². The molecule has 2 nitrogen and oxygen atoms in total. The number of aromatic nitrogens is 1. The van der Waals surface area contributed by atoms with Crippen LogP contribution in [-0.2, 0) is 11.8 Å². The molecule has 0 saturated carbocycles. The van der Waals surface area contributed by atoms with E-state index in [0.717, 1.165) is 17.8 Å². The highest BCUT2D eigenvalue weighted by Gasteiger charge is 2.39. The van der Waals surface area contributed by atoms with Crippen LogP contribution in [-0.4, -0.2) is 4.57 Å². The van der Waals surface area contributed by atoms with Gasteiger partial charge in [0.05, 0.1) is 16.7 Å². The summed E-state index contributed by atoms with van der Waals surface area (Å²) in [7, 11) is 0. The number of hydrogen-bond acceptors (Lipinski definition) is 1. The van der Waals surface area contributed by atoms with Gasteiger partial charge in [0.15, 0.2) is 0 Å². The fourth-order valence-electron chi connectivity index (χ4n) is 8.41. The van der Waals surface area contributed by atoms with Crippen LogP contribution in [0, 0.1) is 6.92 Å². The minimum absolute atomic E-state index is 0.248. The van der Waals surface area contributed by atoms with Gasteiger partial charge >= 0.3 is 0 Å². The van der Waals surface area contributed by atoms with Crippen LogP contribution in [0.15, 0.2) is 134 Å². The molecule has 8 rings (SSSR count). The van der Waals surface area contributed by atoms with Crippen LogP contribution in [0.2, 0.25) is 0 Å². The number of rotatable bonds is 9. The Bertz CT molecular complexity index is 2470. The third-order valence-electron chi connectivity index (χ3n) is 11.0. The molecule has 1 heterocycles. The lowest BCUT2D eigenvalue weighted by Crippen LogP contribution is -2.18. The molecule has 0 aliphatic heterocycles. The van der Waals surface area contributed by atoms with E-state index in [1.165, 1.54) is 90.5 Å². The molecule has 51 heavy (non-hydrogen) atoms. The Hall–Kier alpha value is -5.60. The molecule has 0 N–H and O–H groups in total. The average molecular weight is 663 g/mol. The van der Waals surface area contributed by atoms with Gasteiger partial charge in [0.1, 0.15) is 0 Å². The lowest BCUT2D eigenvalue weighted by atomic mass is 9.81. The summed E-state index contributed by atoms with van der Waals surface area (Å²) in [6, 6.07) is 45.0. The monoisotopic (exact) mass is 662 g/mol. The number of hydrogen-bond donors (Lipinski definition) is 0. The Balaban J connectivity index is 1.35. The van der Waals surface area contributed by atoms with E-state index in [-0.39, 0.29) is 5.41 Å². The molecule has 0 radical (unpaired) electrons. The summed E-state index contributed by atoms with van der Waals surface area (Å²) in [5.74, 6) is 0. The fourth-order valence-corrected chi connectivity index (χ4v) is 8.41. The molecular formula is C49H46N2. The van der Waals surface area contributed by atoms with E-state index < -0.39 is 0 Å². The quantitative estimate of drug-likeness (QED) is 0.149. The van der Waals surface area contributed by atoms with E-state index in [9.17, 15) is 0 Å². The highest BCUT2D eigenvalue weighted by Crippen LogP contribution is 2.55. The third-order valence-corrected chi connectivity index (χ3v) is 11.0. The van der Waals surface area contributed by atoms with Gasteiger partial charge in [-0.2, -0.15) is 0 Å². The third kappa shape index (κ3) is 5.24. The summed E-state index contributed by atoms with van der Waals surface area (Å²) in [6.07, 6.45) is 10.0. The summed E-state index contributed by atoms with van der Waals surface area (Å²) in [5.41, 5.74) is 17.1. The van der Waals surface area contributed by atoms with E-state index in [0.29, 0.717) is 0 Å². The van der Waals surface area contributed by atoms with Crippen molar-refractivity contribution in [2.24, 2.45) is 0 Å². The number of fused-ring (bicyclic) bond motifs is 6. The maximum absolute atomic E-state index is 4.43. The van der Waals surface area contributed by atoms with Gasteiger partial charge in [-0.05, 0) is 120 Å². The van der Waals surface area contributed by atoms with E-state index >= 15 is 0 Å². The van der Waals surface area contributed by atoms with Crippen molar-refractivity contribution in [1.29, 1.82) is 0 Å². The molecule has 1 aliphatic carbocycles. The average Bonchev–Trinajstić information content (AvgIpc) is 3.60. The molecule has 0 fully saturated rings. The lowest BCUT2D eigenvalue weighted by Gasteiger charge is -2.31. The first-order valence-corrected chi connectivity index (χ1v) is 18.4. The van der Waals surface area contributed by atoms with Crippen molar-refractivity contribution in [2.45, 2.75) is 59.3 Å². The number of para-hydroxylation sites is 3. The van der Waals surface area contributed by atoms with Crippen LogP contribution in [0.4, 0.5) is 17.1 Å². The van der Waals surface area contributed by atoms with Crippen molar-refractivity contribution in [3.05, 3.63) is 167 Å². The first-order valence-electron chi connectivity index (χ1n) is 18.4. The second-order valence-corrected chi connectivity index (χ2v) is 14.5. The van der Waals surface area contributed by atoms with E-state index in [1.807, 2.05) is 0 Å². The number of nitrogens with zero attached hydrogens (tertiary/aromatic N) is 2. The molecule has 252 valence electrons. The summed E-state index contributed by atoms with van der Waals surface area (Å²) in [6.45, 7) is 15.8. The summed E-state index contributed by atoms with van der Waals surface area (Å²) >= 11 is 0. The van der Waals surface area contributed by atoms with Crippen molar-refractivity contribution in [3.8, 4) is 16.8 Å². The van der Waals surface area contributed by atoms with E-state index in [1.54, 1.807) is 0 Å². The maximum atomic E-state index is 4.43. The molecule has 0 bridgehead atoms. The molecule has 0 atom stereocenters. The van der Waals surface area contributed by atoms with Crippen LogP contribution in [0.5, 0.6) is 0 Å². The van der Waals surface area contributed by atoms with Crippen molar-refractivity contribution < 1.29 is 0 Å². The Morgan fingerprint density at radius 2 is 1.47 bits per heavy atom. The second kappa shape index (κ2) is 12.9. The van der Waals surface area contributed by atoms with Gasteiger partial charge in [-0.1, -0.05) is 119 Å². The van der Waals surface area contributed by atoms with Crippen molar-refractivity contribution in [2.75, 3.05) is 4.90 Å². The molecular weight excluding hydrogens is 617 g/mol. The largest absolute Gasteiger partial charge is 0.310 e. The van der Waals surface area contributed by atoms with Gasteiger partial charge in [-0.25, -0.2) is 0 Å². The number of anilines is 3. The second-order valence-electron chi connectivity index (χ2n) is 14.5. The zero-order chi connectivity index (χ0) is 35.3. The van der Waals surface area contributed by atoms with Gasteiger partial charge in [0.2, 0.25) is 0 Å². The predicted molar refractivity (Wildman–Crippen MR) is 221 cm³/mol. The Kier molecular flexibility index (Phi) is 8.27. The number of allylic oxidation sites excluding steroid dienone is 1. The highest BCUT2D eigenvalue weighted by molar-refractivity contribution is 6.09.